The van der Waals surface area contributed by atoms with Gasteiger partial charge in [-0.2, -0.15) is 0 Å². The molecule has 0 bridgehead atoms. The fourth-order valence-corrected chi connectivity index (χ4v) is 7.32. The lowest BCUT2D eigenvalue weighted by Crippen LogP contribution is -2.68. The fourth-order valence-electron chi connectivity index (χ4n) is 7.32. The third-order valence-corrected chi connectivity index (χ3v) is 9.03. The van der Waals surface area contributed by atoms with E-state index < -0.39 is 94.9 Å². The number of epoxide rings is 1. The molecule has 2 saturated heterocycles. The third-order valence-electron chi connectivity index (χ3n) is 9.03. The van der Waals surface area contributed by atoms with Crippen LogP contribution in [0.3, 0.4) is 0 Å². The number of esters is 5. The van der Waals surface area contributed by atoms with Gasteiger partial charge in [0.2, 0.25) is 0 Å². The van der Waals surface area contributed by atoms with Crippen LogP contribution in [-0.2, 0) is 52.4 Å². The van der Waals surface area contributed by atoms with Gasteiger partial charge in [-0.25, -0.2) is 4.79 Å². The molecule has 2 heterocycles. The molecule has 11 atom stereocenters. The first-order valence-corrected chi connectivity index (χ1v) is 13.4. The summed E-state index contributed by atoms with van der Waals surface area (Å²) in [6.07, 6.45) is -4.96. The van der Waals surface area contributed by atoms with Gasteiger partial charge in [-0.05, 0) is 25.8 Å². The highest BCUT2D eigenvalue weighted by molar-refractivity contribution is 5.89. The molecule has 3 fully saturated rings. The molecule has 0 aromatic heterocycles. The van der Waals surface area contributed by atoms with Crippen molar-refractivity contribution in [2.75, 3.05) is 0 Å². The van der Waals surface area contributed by atoms with E-state index in [1.165, 1.54) is 27.7 Å². The van der Waals surface area contributed by atoms with E-state index in [0.29, 0.717) is 5.57 Å². The monoisotopic (exact) mass is 566 g/mol. The first-order chi connectivity index (χ1) is 18.5. The summed E-state index contributed by atoms with van der Waals surface area (Å²) in [4.78, 5) is 62.9. The molecule has 1 unspecified atom stereocenters. The van der Waals surface area contributed by atoms with Gasteiger partial charge >= 0.3 is 29.8 Å². The van der Waals surface area contributed by atoms with Crippen LogP contribution in [0.2, 0.25) is 0 Å². The summed E-state index contributed by atoms with van der Waals surface area (Å²) in [7, 11) is 0. The Balaban J connectivity index is 2.06. The smallest absolute Gasteiger partial charge is 0.342 e. The van der Waals surface area contributed by atoms with Crippen molar-refractivity contribution in [3.63, 3.8) is 0 Å². The minimum absolute atomic E-state index is 0.0378. The summed E-state index contributed by atoms with van der Waals surface area (Å²) in [6, 6.07) is 0. The van der Waals surface area contributed by atoms with Crippen molar-refractivity contribution < 1.29 is 57.5 Å². The number of fused-ring (bicyclic) bond motifs is 1. The molecular formula is C28H38O12. The molecule has 0 aromatic rings. The van der Waals surface area contributed by atoms with Crippen LogP contribution in [0, 0.1) is 17.3 Å². The minimum Gasteiger partial charge on any atom is -0.462 e. The van der Waals surface area contributed by atoms with E-state index >= 15 is 0 Å². The van der Waals surface area contributed by atoms with Crippen LogP contribution in [0.4, 0.5) is 0 Å². The van der Waals surface area contributed by atoms with Crippen molar-refractivity contribution in [3.8, 4) is 0 Å². The van der Waals surface area contributed by atoms with Gasteiger partial charge in [-0.15, -0.1) is 0 Å². The molecule has 2 aliphatic carbocycles. The summed E-state index contributed by atoms with van der Waals surface area (Å²) in [5, 5.41) is 11.3. The number of carbonyl (C=O) groups excluding carboxylic acids is 5. The Bertz CT molecular complexity index is 1150. The molecule has 4 aliphatic rings. The van der Waals surface area contributed by atoms with Crippen molar-refractivity contribution in [3.05, 3.63) is 11.6 Å². The zero-order chi connectivity index (χ0) is 29.9. The average molecular weight is 567 g/mol. The molecule has 40 heavy (non-hydrogen) atoms. The molecule has 222 valence electrons. The maximum atomic E-state index is 13.1. The third kappa shape index (κ3) is 4.58. The van der Waals surface area contributed by atoms with Gasteiger partial charge in [0.15, 0.2) is 17.3 Å². The van der Waals surface area contributed by atoms with E-state index in [1.54, 1.807) is 33.8 Å². The van der Waals surface area contributed by atoms with Gasteiger partial charge in [0.05, 0.1) is 11.5 Å². The molecule has 12 nitrogen and oxygen atoms in total. The molecule has 0 radical (unpaired) electrons. The standard InChI is InChI=1S/C28H38O12/c1-12-9-19(35-14(3)29)23(37-16(5)31)26(7)20(36-15(4)30)11-18(33)13(2)22(26)24(38-17(6)32)28-21(10-12)39-25(34)27(28,8)40-28/h10,13,18-24,33H,9,11H2,1-8H3/b12-10-/t13-,18-,19-,20-,21-,22+,23+,24+,26-,27?,28-/m0/s1. The summed E-state index contributed by atoms with van der Waals surface area (Å²) in [6.45, 7) is 11.6. The maximum Gasteiger partial charge on any atom is 0.342 e. The maximum absolute atomic E-state index is 13.1. The first-order valence-electron chi connectivity index (χ1n) is 13.4. The summed E-state index contributed by atoms with van der Waals surface area (Å²) in [5.74, 6) is -4.93. The largest absolute Gasteiger partial charge is 0.462 e. The second-order valence-corrected chi connectivity index (χ2v) is 11.8. The van der Waals surface area contributed by atoms with Crippen LogP contribution in [-0.4, -0.2) is 82.8 Å². The fraction of sp³-hybridized carbons (Fsp3) is 0.750. The molecule has 1 N–H and O–H groups in total. The topological polar surface area (TPSA) is 164 Å². The molecule has 12 heteroatoms. The molecule has 0 aromatic carbocycles. The van der Waals surface area contributed by atoms with Gasteiger partial charge in [0, 0.05) is 46.5 Å². The lowest BCUT2D eigenvalue weighted by Gasteiger charge is -2.57. The quantitative estimate of drug-likeness (QED) is 0.226. The highest BCUT2D eigenvalue weighted by Crippen LogP contribution is 2.65. The Kier molecular flexibility index (Phi) is 7.59. The summed E-state index contributed by atoms with van der Waals surface area (Å²) < 4.78 is 35.3. The van der Waals surface area contributed by atoms with Crippen LogP contribution in [0.25, 0.3) is 0 Å². The normalized spacial score (nSPS) is 45.2. The van der Waals surface area contributed by atoms with Crippen molar-refractivity contribution in [1.82, 2.24) is 0 Å². The van der Waals surface area contributed by atoms with E-state index in [9.17, 15) is 29.1 Å². The van der Waals surface area contributed by atoms with Crippen LogP contribution >= 0.6 is 0 Å². The molecular weight excluding hydrogens is 528 g/mol. The lowest BCUT2D eigenvalue weighted by atomic mass is 9.53. The Hall–Kier alpha value is -2.99. The molecule has 2 aliphatic heterocycles. The Morgan fingerprint density at radius 1 is 0.925 bits per heavy atom. The van der Waals surface area contributed by atoms with Gasteiger partial charge < -0.3 is 33.5 Å². The van der Waals surface area contributed by atoms with E-state index in [2.05, 4.69) is 0 Å². The number of hydrogen-bond donors (Lipinski definition) is 1. The Labute approximate surface area is 232 Å². The van der Waals surface area contributed by atoms with Gasteiger partial charge in [0.1, 0.15) is 24.4 Å². The first kappa shape index (κ1) is 30.0. The SMILES string of the molecule is CC(=O)O[C@H]1C/C(C)=C\[C@@H]2OC(=O)C3(C)O[C@]23[C@H](OC(C)=O)[C@H]2[C@@H](C)[C@@H](O)C[C@H](OC(C)=O)[C@]2(C)[C@@H]1OC(C)=O. The van der Waals surface area contributed by atoms with Crippen molar-refractivity contribution >= 4 is 29.8 Å². The van der Waals surface area contributed by atoms with E-state index in [-0.39, 0.29) is 12.8 Å². The van der Waals surface area contributed by atoms with Crippen molar-refractivity contribution in [2.24, 2.45) is 17.3 Å². The average Bonchev–Trinajstić information content (AvgIpc) is 3.40. The minimum atomic E-state index is -1.48. The molecule has 1 spiro atoms. The van der Waals surface area contributed by atoms with Crippen molar-refractivity contribution in [2.45, 2.75) is 116 Å². The highest BCUT2D eigenvalue weighted by Gasteiger charge is 2.87. The highest BCUT2D eigenvalue weighted by atomic mass is 16.7. The number of carbonyl (C=O) groups is 5. The van der Waals surface area contributed by atoms with E-state index in [1.807, 2.05) is 0 Å². The zero-order valence-electron chi connectivity index (χ0n) is 24.0. The summed E-state index contributed by atoms with van der Waals surface area (Å²) >= 11 is 0. The number of aliphatic hydroxyl groups excluding tert-OH is 1. The van der Waals surface area contributed by atoms with E-state index in [0.717, 1.165) is 0 Å². The van der Waals surface area contributed by atoms with Crippen LogP contribution in [0.15, 0.2) is 11.6 Å². The van der Waals surface area contributed by atoms with Crippen LogP contribution in [0.5, 0.6) is 0 Å². The lowest BCUT2D eigenvalue weighted by molar-refractivity contribution is -0.245. The molecule has 4 rings (SSSR count). The second kappa shape index (κ2) is 10.1. The van der Waals surface area contributed by atoms with Crippen LogP contribution < -0.4 is 0 Å². The second-order valence-electron chi connectivity index (χ2n) is 11.8. The molecule has 0 amide bonds. The predicted molar refractivity (Wildman–Crippen MR) is 134 cm³/mol. The number of aliphatic hydroxyl groups is 1. The summed E-state index contributed by atoms with van der Waals surface area (Å²) in [5.41, 5.74) is -3.76. The van der Waals surface area contributed by atoms with Gasteiger partial charge in [-0.1, -0.05) is 19.4 Å². The Morgan fingerprint density at radius 2 is 1.48 bits per heavy atom. The predicted octanol–water partition coefficient (Wildman–Crippen LogP) is 1.54. The number of ether oxygens (including phenoxy) is 6. The van der Waals surface area contributed by atoms with E-state index in [4.69, 9.17) is 28.4 Å². The van der Waals surface area contributed by atoms with Crippen LogP contribution in [0.1, 0.15) is 68.2 Å². The number of rotatable bonds is 4. The molecule has 1 saturated carbocycles. The number of hydrogen-bond acceptors (Lipinski definition) is 12. The van der Waals surface area contributed by atoms with Gasteiger partial charge in [0.25, 0.3) is 0 Å². The van der Waals surface area contributed by atoms with Crippen molar-refractivity contribution in [1.29, 1.82) is 0 Å². The van der Waals surface area contributed by atoms with Gasteiger partial charge in [-0.3, -0.25) is 19.2 Å². The Morgan fingerprint density at radius 3 is 2.00 bits per heavy atom. The zero-order valence-corrected chi connectivity index (χ0v) is 24.0.